The van der Waals surface area contributed by atoms with Crippen molar-refractivity contribution < 1.29 is 29.1 Å². The van der Waals surface area contributed by atoms with Gasteiger partial charge in [0.25, 0.3) is 0 Å². The van der Waals surface area contributed by atoms with Crippen molar-refractivity contribution >= 4 is 11.9 Å². The van der Waals surface area contributed by atoms with Gasteiger partial charge in [0.1, 0.15) is 5.75 Å². The van der Waals surface area contributed by atoms with Gasteiger partial charge in [0, 0.05) is 18.8 Å². The van der Waals surface area contributed by atoms with Crippen LogP contribution in [0.25, 0.3) is 0 Å². The van der Waals surface area contributed by atoms with Crippen LogP contribution in [0.3, 0.4) is 0 Å². The minimum atomic E-state index is -1.70. The minimum absolute atomic E-state index is 0.0170. The maximum atomic E-state index is 12.1. The molecule has 1 aromatic rings. The van der Waals surface area contributed by atoms with Gasteiger partial charge in [0.2, 0.25) is 5.54 Å². The van der Waals surface area contributed by atoms with E-state index in [2.05, 4.69) is 0 Å². The van der Waals surface area contributed by atoms with Crippen molar-refractivity contribution in [3.05, 3.63) is 39.9 Å². The van der Waals surface area contributed by atoms with Gasteiger partial charge in [-0.2, -0.15) is 0 Å². The summed E-state index contributed by atoms with van der Waals surface area (Å²) in [6.07, 6.45) is 0. The normalized spacial score (nSPS) is 13.7. The minimum Gasteiger partial charge on any atom is -0.497 e. The van der Waals surface area contributed by atoms with Gasteiger partial charge in [-0.3, -0.25) is 19.7 Å². The van der Waals surface area contributed by atoms with Gasteiger partial charge in [-0.05, 0) is 24.6 Å². The van der Waals surface area contributed by atoms with E-state index in [1.54, 1.807) is 12.1 Å². The zero-order valence-electron chi connectivity index (χ0n) is 14.0. The molecule has 0 aliphatic carbocycles. The first-order valence-corrected chi connectivity index (χ1v) is 7.34. The lowest BCUT2D eigenvalue weighted by molar-refractivity contribution is -0.566. The van der Waals surface area contributed by atoms with Crippen LogP contribution in [0.15, 0.2) is 24.3 Å². The predicted octanol–water partition coefficient (Wildman–Crippen LogP) is 2.10. The SMILES string of the molecule is CCOC(=O)C(C(=O)O)C(c1ccc(OC)cc1)C(C)(C)[N+](=O)[O-]. The number of carboxylic acids is 1. The fourth-order valence-corrected chi connectivity index (χ4v) is 2.54. The quantitative estimate of drug-likeness (QED) is 0.333. The van der Waals surface area contributed by atoms with Crippen LogP contribution in [0.5, 0.6) is 5.75 Å². The van der Waals surface area contributed by atoms with Gasteiger partial charge in [0.05, 0.1) is 19.6 Å². The van der Waals surface area contributed by atoms with Crippen LogP contribution in [-0.2, 0) is 14.3 Å². The first-order valence-electron chi connectivity index (χ1n) is 7.34. The van der Waals surface area contributed by atoms with Gasteiger partial charge in [-0.1, -0.05) is 12.1 Å². The number of hydrogen-bond donors (Lipinski definition) is 1. The molecule has 8 heteroatoms. The molecule has 8 nitrogen and oxygen atoms in total. The summed E-state index contributed by atoms with van der Waals surface area (Å²) >= 11 is 0. The Labute approximate surface area is 139 Å². The van der Waals surface area contributed by atoms with Gasteiger partial charge >= 0.3 is 11.9 Å². The molecule has 0 aliphatic heterocycles. The molecule has 0 fully saturated rings. The van der Waals surface area contributed by atoms with E-state index in [-0.39, 0.29) is 6.61 Å². The first-order chi connectivity index (χ1) is 11.2. The number of esters is 1. The van der Waals surface area contributed by atoms with Crippen LogP contribution in [0.4, 0.5) is 0 Å². The molecule has 1 aromatic carbocycles. The molecule has 1 N–H and O–H groups in total. The Morgan fingerprint density at radius 2 is 1.83 bits per heavy atom. The van der Waals surface area contributed by atoms with Crippen molar-refractivity contribution in [3.63, 3.8) is 0 Å². The average Bonchev–Trinajstić information content (AvgIpc) is 2.52. The Morgan fingerprint density at radius 3 is 2.21 bits per heavy atom. The molecule has 0 aromatic heterocycles. The van der Waals surface area contributed by atoms with Crippen molar-refractivity contribution in [3.8, 4) is 5.75 Å². The average molecular weight is 339 g/mol. The standard InChI is InChI=1S/C16H21NO7/c1-5-24-15(20)12(14(18)19)13(16(2,3)17(21)22)10-6-8-11(23-4)9-7-10/h6-9,12-13H,5H2,1-4H3,(H,18,19). The molecule has 0 heterocycles. The summed E-state index contributed by atoms with van der Waals surface area (Å²) < 4.78 is 9.85. The van der Waals surface area contributed by atoms with Crippen molar-refractivity contribution in [2.24, 2.45) is 5.92 Å². The highest BCUT2D eigenvalue weighted by Gasteiger charge is 2.52. The van der Waals surface area contributed by atoms with E-state index < -0.39 is 34.2 Å². The summed E-state index contributed by atoms with van der Waals surface area (Å²) in [6, 6.07) is 6.15. The Bertz CT molecular complexity index is 609. The highest BCUT2D eigenvalue weighted by molar-refractivity contribution is 5.95. The molecule has 1 rings (SSSR count). The smallest absolute Gasteiger partial charge is 0.321 e. The highest BCUT2D eigenvalue weighted by atomic mass is 16.6. The van der Waals surface area contributed by atoms with Crippen LogP contribution in [0, 0.1) is 16.0 Å². The summed E-state index contributed by atoms with van der Waals surface area (Å²) in [5, 5.41) is 21.0. The molecule has 0 aliphatic rings. The summed E-state index contributed by atoms with van der Waals surface area (Å²) in [6.45, 7) is 4.10. The monoisotopic (exact) mass is 339 g/mol. The number of carbonyl (C=O) groups is 2. The second-order valence-electron chi connectivity index (χ2n) is 5.73. The number of ether oxygens (including phenoxy) is 2. The third kappa shape index (κ3) is 4.01. The van der Waals surface area contributed by atoms with Gasteiger partial charge in [-0.15, -0.1) is 0 Å². The summed E-state index contributed by atoms with van der Waals surface area (Å²) in [5.41, 5.74) is -1.36. The van der Waals surface area contributed by atoms with Crippen LogP contribution >= 0.6 is 0 Å². The van der Waals surface area contributed by atoms with Gasteiger partial charge < -0.3 is 14.6 Å². The molecule has 24 heavy (non-hydrogen) atoms. The molecule has 0 amide bonds. The lowest BCUT2D eigenvalue weighted by atomic mass is 9.73. The van der Waals surface area contributed by atoms with Crippen LogP contribution in [0.2, 0.25) is 0 Å². The number of methoxy groups -OCH3 is 1. The zero-order valence-corrected chi connectivity index (χ0v) is 14.0. The van der Waals surface area contributed by atoms with Gasteiger partial charge in [0.15, 0.2) is 5.92 Å². The molecule has 0 spiro atoms. The first kappa shape index (κ1) is 19.4. The number of aliphatic carboxylic acids is 1. The summed E-state index contributed by atoms with van der Waals surface area (Å²) in [7, 11) is 1.46. The van der Waals surface area contributed by atoms with E-state index in [4.69, 9.17) is 9.47 Å². The van der Waals surface area contributed by atoms with Crippen molar-refractivity contribution in [2.75, 3.05) is 13.7 Å². The van der Waals surface area contributed by atoms with E-state index in [9.17, 15) is 24.8 Å². The van der Waals surface area contributed by atoms with Gasteiger partial charge in [-0.25, -0.2) is 0 Å². The van der Waals surface area contributed by atoms with Crippen LogP contribution in [0.1, 0.15) is 32.3 Å². The Morgan fingerprint density at radius 1 is 1.29 bits per heavy atom. The number of nitrogens with zero attached hydrogens (tertiary/aromatic N) is 1. The third-order valence-corrected chi connectivity index (χ3v) is 3.85. The second-order valence-corrected chi connectivity index (χ2v) is 5.73. The maximum absolute atomic E-state index is 12.1. The van der Waals surface area contributed by atoms with Crippen molar-refractivity contribution in [1.29, 1.82) is 0 Å². The molecule has 0 saturated carbocycles. The Hall–Kier alpha value is -2.64. The fraction of sp³-hybridized carbons (Fsp3) is 0.500. The largest absolute Gasteiger partial charge is 0.497 e. The third-order valence-electron chi connectivity index (χ3n) is 3.85. The molecule has 2 unspecified atom stereocenters. The Kier molecular flexibility index (Phi) is 6.27. The molecule has 0 radical (unpaired) electrons. The number of benzene rings is 1. The van der Waals surface area contributed by atoms with E-state index in [0.29, 0.717) is 11.3 Å². The maximum Gasteiger partial charge on any atom is 0.321 e. The Balaban J connectivity index is 3.48. The lowest BCUT2D eigenvalue weighted by Crippen LogP contribution is -2.47. The van der Waals surface area contributed by atoms with E-state index in [1.165, 1.54) is 40.0 Å². The molecular formula is C16H21NO7. The highest BCUT2D eigenvalue weighted by Crippen LogP contribution is 2.38. The van der Waals surface area contributed by atoms with Crippen molar-refractivity contribution in [1.82, 2.24) is 0 Å². The second kappa shape index (κ2) is 7.76. The molecular weight excluding hydrogens is 318 g/mol. The number of carboxylic acid groups (broad SMARTS) is 1. The number of hydrogen-bond acceptors (Lipinski definition) is 6. The van der Waals surface area contributed by atoms with Crippen LogP contribution < -0.4 is 4.74 Å². The van der Waals surface area contributed by atoms with E-state index in [1.807, 2.05) is 0 Å². The number of carbonyl (C=O) groups excluding carboxylic acids is 1. The predicted molar refractivity (Wildman–Crippen MR) is 84.6 cm³/mol. The fourth-order valence-electron chi connectivity index (χ4n) is 2.54. The molecule has 2 atom stereocenters. The van der Waals surface area contributed by atoms with E-state index >= 15 is 0 Å². The zero-order chi connectivity index (χ0) is 18.5. The summed E-state index contributed by atoms with van der Waals surface area (Å²) in [5.74, 6) is -4.86. The number of nitro groups is 1. The molecule has 132 valence electrons. The molecule has 0 saturated heterocycles. The van der Waals surface area contributed by atoms with Crippen molar-refractivity contribution in [2.45, 2.75) is 32.2 Å². The lowest BCUT2D eigenvalue weighted by Gasteiger charge is -2.30. The van der Waals surface area contributed by atoms with Crippen LogP contribution in [-0.4, -0.2) is 41.2 Å². The molecule has 0 bridgehead atoms. The topological polar surface area (TPSA) is 116 Å². The summed E-state index contributed by atoms with van der Waals surface area (Å²) in [4.78, 5) is 34.7. The number of rotatable bonds is 8. The van der Waals surface area contributed by atoms with E-state index in [0.717, 1.165) is 0 Å².